The van der Waals surface area contributed by atoms with Crippen LogP contribution < -0.4 is 5.32 Å². The molecule has 1 aliphatic carbocycles. The minimum Gasteiger partial charge on any atom is -0.374 e. The van der Waals surface area contributed by atoms with Crippen molar-refractivity contribution in [3.63, 3.8) is 0 Å². The van der Waals surface area contributed by atoms with Crippen molar-refractivity contribution in [3.05, 3.63) is 29.8 Å². The molecule has 5 heteroatoms. The van der Waals surface area contributed by atoms with Crippen molar-refractivity contribution >= 4 is 17.5 Å². The van der Waals surface area contributed by atoms with Crippen LogP contribution in [0.5, 0.6) is 0 Å². The first-order valence-electron chi connectivity index (χ1n) is 9.26. The highest BCUT2D eigenvalue weighted by molar-refractivity contribution is 5.97. The third-order valence-corrected chi connectivity index (χ3v) is 5.28. The number of ether oxygens (including phenoxy) is 1. The maximum absolute atomic E-state index is 12.3. The third-order valence-electron chi connectivity index (χ3n) is 5.28. The number of anilines is 1. The largest absolute Gasteiger partial charge is 0.374 e. The number of nitrogens with zero attached hydrogens (tertiary/aromatic N) is 1. The summed E-state index contributed by atoms with van der Waals surface area (Å²) in [6.07, 6.45) is 5.48. The van der Waals surface area contributed by atoms with Crippen molar-refractivity contribution in [2.24, 2.45) is 11.8 Å². The summed E-state index contributed by atoms with van der Waals surface area (Å²) in [5.41, 5.74) is 1.83. The molecule has 1 aliphatic heterocycles. The molecule has 2 aliphatic rings. The second-order valence-electron chi connectivity index (χ2n) is 7.57. The molecule has 0 unspecified atom stereocenters. The number of benzene rings is 1. The smallest absolute Gasteiger partial charge is 0.229 e. The maximum atomic E-state index is 12.3. The molecule has 136 valence electrons. The number of amides is 2. The van der Waals surface area contributed by atoms with Gasteiger partial charge in [0, 0.05) is 25.7 Å². The Kier molecular flexibility index (Phi) is 5.74. The second kappa shape index (κ2) is 8.00. The van der Waals surface area contributed by atoms with Gasteiger partial charge in [-0.1, -0.05) is 31.9 Å². The van der Waals surface area contributed by atoms with Gasteiger partial charge in [-0.25, -0.2) is 0 Å². The highest BCUT2D eigenvalue weighted by Crippen LogP contribution is 2.26. The van der Waals surface area contributed by atoms with Crippen LogP contribution >= 0.6 is 0 Å². The van der Waals surface area contributed by atoms with Crippen LogP contribution in [0.4, 0.5) is 5.69 Å². The second-order valence-corrected chi connectivity index (χ2v) is 7.57. The van der Waals surface area contributed by atoms with Crippen LogP contribution in [0.3, 0.4) is 0 Å². The topological polar surface area (TPSA) is 58.6 Å². The molecule has 2 fully saturated rings. The van der Waals surface area contributed by atoms with E-state index in [1.807, 2.05) is 24.3 Å². The molecule has 1 aromatic carbocycles. The maximum Gasteiger partial charge on any atom is 0.229 e. The van der Waals surface area contributed by atoms with Gasteiger partial charge in [-0.3, -0.25) is 9.59 Å². The first-order valence-corrected chi connectivity index (χ1v) is 9.26. The first-order chi connectivity index (χ1) is 12.0. The summed E-state index contributed by atoms with van der Waals surface area (Å²) in [5, 5.41) is 2.94. The van der Waals surface area contributed by atoms with Crippen molar-refractivity contribution in [3.8, 4) is 0 Å². The molecule has 3 rings (SSSR count). The van der Waals surface area contributed by atoms with Crippen molar-refractivity contribution < 1.29 is 14.3 Å². The Bertz CT molecular complexity index is 631. The van der Waals surface area contributed by atoms with Crippen LogP contribution in [0, 0.1) is 11.8 Å². The summed E-state index contributed by atoms with van der Waals surface area (Å²) in [6, 6.07) is 7.80. The van der Waals surface area contributed by atoms with Gasteiger partial charge in [0.2, 0.25) is 11.8 Å². The summed E-state index contributed by atoms with van der Waals surface area (Å²) in [5.74, 6) is 0.429. The molecular formula is C20H28N2O3. The van der Waals surface area contributed by atoms with Gasteiger partial charge in [0.05, 0.1) is 18.6 Å². The number of rotatable bonds is 5. The molecule has 1 heterocycles. The minimum atomic E-state index is -0.263. The molecule has 1 saturated carbocycles. The average molecular weight is 344 g/mol. The van der Waals surface area contributed by atoms with E-state index in [2.05, 4.69) is 12.2 Å². The molecule has 0 aromatic heterocycles. The lowest BCUT2D eigenvalue weighted by atomic mass is 9.89. The van der Waals surface area contributed by atoms with E-state index in [1.54, 1.807) is 11.9 Å². The highest BCUT2D eigenvalue weighted by Gasteiger charge is 2.32. The minimum absolute atomic E-state index is 0.0315. The Hall–Kier alpha value is -1.88. The molecule has 25 heavy (non-hydrogen) atoms. The van der Waals surface area contributed by atoms with Gasteiger partial charge in [-0.2, -0.15) is 0 Å². The van der Waals surface area contributed by atoms with E-state index in [0.717, 1.165) is 30.0 Å². The van der Waals surface area contributed by atoms with E-state index in [1.165, 1.54) is 12.8 Å². The zero-order valence-corrected chi connectivity index (χ0v) is 15.2. The van der Waals surface area contributed by atoms with E-state index < -0.39 is 0 Å². The standard InChI is InChI=1S/C20H28N2O3/c1-14-5-3-8-18(9-14)25-13-15-6-4-7-17(10-15)21-20(24)16-11-19(23)22(2)12-16/h4,6-7,10,14,16,18H,3,5,8-9,11-13H2,1-2H3,(H,21,24)/t14-,16-,18-/m1/s1. The van der Waals surface area contributed by atoms with Crippen LogP contribution in [0.15, 0.2) is 24.3 Å². The van der Waals surface area contributed by atoms with Crippen molar-refractivity contribution in [2.45, 2.75) is 51.7 Å². The van der Waals surface area contributed by atoms with Crippen molar-refractivity contribution in [1.29, 1.82) is 0 Å². The lowest BCUT2D eigenvalue weighted by Gasteiger charge is -2.26. The molecule has 0 bridgehead atoms. The number of nitrogens with one attached hydrogen (secondary N) is 1. The van der Waals surface area contributed by atoms with Gasteiger partial charge in [0.1, 0.15) is 0 Å². The van der Waals surface area contributed by atoms with E-state index >= 15 is 0 Å². The predicted octanol–water partition coefficient (Wildman–Crippen LogP) is 3.20. The molecule has 5 nitrogen and oxygen atoms in total. The van der Waals surface area contributed by atoms with E-state index in [9.17, 15) is 9.59 Å². The lowest BCUT2D eigenvalue weighted by molar-refractivity contribution is -0.127. The Morgan fingerprint density at radius 2 is 2.20 bits per heavy atom. The van der Waals surface area contributed by atoms with Crippen molar-refractivity contribution in [1.82, 2.24) is 4.90 Å². The average Bonchev–Trinajstić information content (AvgIpc) is 2.93. The molecule has 3 atom stereocenters. The summed E-state index contributed by atoms with van der Waals surface area (Å²) in [7, 11) is 1.74. The first kappa shape index (κ1) is 17.9. The van der Waals surface area contributed by atoms with Crippen molar-refractivity contribution in [2.75, 3.05) is 18.9 Å². The number of likely N-dealkylation sites (tertiary alicyclic amines) is 1. The van der Waals surface area contributed by atoms with Crippen LogP contribution in [-0.4, -0.2) is 36.4 Å². The Balaban J connectivity index is 1.52. The Morgan fingerprint density at radius 1 is 1.36 bits per heavy atom. The fraction of sp³-hybridized carbons (Fsp3) is 0.600. The van der Waals surface area contributed by atoms with E-state index in [4.69, 9.17) is 4.74 Å². The number of hydrogen-bond acceptors (Lipinski definition) is 3. The number of carbonyl (C=O) groups excluding carboxylic acids is 2. The summed E-state index contributed by atoms with van der Waals surface area (Å²) >= 11 is 0. The molecule has 2 amide bonds. The molecule has 0 radical (unpaired) electrons. The zero-order valence-electron chi connectivity index (χ0n) is 15.2. The quantitative estimate of drug-likeness (QED) is 0.892. The monoisotopic (exact) mass is 344 g/mol. The van der Waals surface area contributed by atoms with E-state index in [0.29, 0.717) is 25.7 Å². The van der Waals surface area contributed by atoms with Gasteiger partial charge >= 0.3 is 0 Å². The number of carbonyl (C=O) groups is 2. The van der Waals surface area contributed by atoms with Gasteiger partial charge in [-0.05, 0) is 36.5 Å². The molecule has 0 spiro atoms. The highest BCUT2D eigenvalue weighted by atomic mass is 16.5. The van der Waals surface area contributed by atoms with Gasteiger partial charge in [0.15, 0.2) is 0 Å². The summed E-state index contributed by atoms with van der Waals surface area (Å²) < 4.78 is 6.06. The molecular weight excluding hydrogens is 316 g/mol. The Labute approximate surface area is 149 Å². The van der Waals surface area contributed by atoms with Crippen LogP contribution in [0.2, 0.25) is 0 Å². The fourth-order valence-corrected chi connectivity index (χ4v) is 3.77. The SMILES string of the molecule is C[C@@H]1CCC[C@@H](OCc2cccc(NC(=O)[C@@H]3CC(=O)N(C)C3)c2)C1. The lowest BCUT2D eigenvalue weighted by Crippen LogP contribution is -2.25. The fourth-order valence-electron chi connectivity index (χ4n) is 3.77. The predicted molar refractivity (Wildman–Crippen MR) is 97.0 cm³/mol. The molecule has 1 aromatic rings. The normalized spacial score (nSPS) is 26.7. The number of hydrogen-bond donors (Lipinski definition) is 1. The van der Waals surface area contributed by atoms with Gasteiger partial charge in [0.25, 0.3) is 0 Å². The molecule has 1 saturated heterocycles. The summed E-state index contributed by atoms with van der Waals surface area (Å²) in [6.45, 7) is 3.36. The van der Waals surface area contributed by atoms with Gasteiger partial charge in [-0.15, -0.1) is 0 Å². The Morgan fingerprint density at radius 3 is 2.92 bits per heavy atom. The van der Waals surface area contributed by atoms with Crippen LogP contribution in [0.25, 0.3) is 0 Å². The van der Waals surface area contributed by atoms with E-state index in [-0.39, 0.29) is 17.7 Å². The van der Waals surface area contributed by atoms with Crippen LogP contribution in [-0.2, 0) is 20.9 Å². The zero-order chi connectivity index (χ0) is 17.8. The van der Waals surface area contributed by atoms with Gasteiger partial charge < -0.3 is 15.0 Å². The third kappa shape index (κ3) is 4.82. The molecule has 1 N–H and O–H groups in total. The van der Waals surface area contributed by atoms with Crippen LogP contribution in [0.1, 0.15) is 44.6 Å². The summed E-state index contributed by atoms with van der Waals surface area (Å²) in [4.78, 5) is 25.5.